The standard InChI is InChI=1S/C13H21N3O4/c1-5-19-12(18)10(13(2,3)4)11(17)14-7-6-9-15-8-20-16-9/h8,10H,5-7H2,1-4H3,(H,14,17). The van der Waals surface area contributed by atoms with E-state index in [1.54, 1.807) is 6.92 Å². The summed E-state index contributed by atoms with van der Waals surface area (Å²) >= 11 is 0. The monoisotopic (exact) mass is 283 g/mol. The van der Waals surface area contributed by atoms with Crippen LogP contribution in [0.3, 0.4) is 0 Å². The van der Waals surface area contributed by atoms with Crippen molar-refractivity contribution in [3.63, 3.8) is 0 Å². The largest absolute Gasteiger partial charge is 0.465 e. The second-order valence-electron chi connectivity index (χ2n) is 5.44. The van der Waals surface area contributed by atoms with E-state index in [-0.39, 0.29) is 12.5 Å². The van der Waals surface area contributed by atoms with Crippen molar-refractivity contribution in [2.24, 2.45) is 11.3 Å². The Morgan fingerprint density at radius 2 is 2.15 bits per heavy atom. The Labute approximate surface area is 118 Å². The molecule has 0 aliphatic carbocycles. The number of hydrogen-bond acceptors (Lipinski definition) is 6. The molecule has 1 atom stereocenters. The van der Waals surface area contributed by atoms with Crippen LogP contribution in [0.2, 0.25) is 0 Å². The average molecular weight is 283 g/mol. The van der Waals surface area contributed by atoms with Gasteiger partial charge >= 0.3 is 5.97 Å². The van der Waals surface area contributed by atoms with E-state index in [9.17, 15) is 9.59 Å². The number of rotatable bonds is 6. The van der Waals surface area contributed by atoms with Gasteiger partial charge in [-0.3, -0.25) is 9.59 Å². The molecule has 7 heteroatoms. The molecule has 0 aliphatic rings. The summed E-state index contributed by atoms with van der Waals surface area (Å²) in [6.07, 6.45) is 1.68. The Morgan fingerprint density at radius 1 is 1.45 bits per heavy atom. The summed E-state index contributed by atoms with van der Waals surface area (Å²) in [4.78, 5) is 27.9. The summed E-state index contributed by atoms with van der Waals surface area (Å²) in [6, 6.07) is 0. The van der Waals surface area contributed by atoms with Crippen molar-refractivity contribution in [3.8, 4) is 0 Å². The number of aromatic nitrogens is 2. The van der Waals surface area contributed by atoms with Crippen LogP contribution in [-0.2, 0) is 20.7 Å². The van der Waals surface area contributed by atoms with E-state index in [4.69, 9.17) is 4.74 Å². The number of amides is 1. The zero-order chi connectivity index (χ0) is 15.2. The lowest BCUT2D eigenvalue weighted by atomic mass is 9.80. The van der Waals surface area contributed by atoms with Gasteiger partial charge in [-0.15, -0.1) is 0 Å². The minimum absolute atomic E-state index is 0.252. The molecule has 1 aromatic heterocycles. The SMILES string of the molecule is CCOC(=O)C(C(=O)NCCc1ncon1)C(C)(C)C. The first-order valence-corrected chi connectivity index (χ1v) is 6.55. The first kappa shape index (κ1) is 16.1. The summed E-state index contributed by atoms with van der Waals surface area (Å²) in [7, 11) is 0. The third kappa shape index (κ3) is 4.64. The molecule has 1 unspecified atom stereocenters. The first-order chi connectivity index (χ1) is 9.36. The summed E-state index contributed by atoms with van der Waals surface area (Å²) < 4.78 is 9.56. The van der Waals surface area contributed by atoms with Gasteiger partial charge in [0.1, 0.15) is 5.92 Å². The maximum absolute atomic E-state index is 12.2. The maximum Gasteiger partial charge on any atom is 0.319 e. The van der Waals surface area contributed by atoms with E-state index < -0.39 is 17.3 Å². The van der Waals surface area contributed by atoms with Crippen LogP contribution in [0.25, 0.3) is 0 Å². The molecule has 0 saturated heterocycles. The van der Waals surface area contributed by atoms with Crippen LogP contribution in [0.4, 0.5) is 0 Å². The van der Waals surface area contributed by atoms with Crippen LogP contribution in [0.15, 0.2) is 10.9 Å². The number of ether oxygens (including phenoxy) is 1. The van der Waals surface area contributed by atoms with Gasteiger partial charge in [0.2, 0.25) is 12.3 Å². The lowest BCUT2D eigenvalue weighted by molar-refractivity contribution is -0.156. The number of nitrogens with one attached hydrogen (secondary N) is 1. The zero-order valence-electron chi connectivity index (χ0n) is 12.3. The lowest BCUT2D eigenvalue weighted by Gasteiger charge is -2.27. The van der Waals surface area contributed by atoms with Crippen LogP contribution >= 0.6 is 0 Å². The molecule has 1 amide bonds. The first-order valence-electron chi connectivity index (χ1n) is 6.55. The molecule has 0 spiro atoms. The van der Waals surface area contributed by atoms with Gasteiger partial charge in [0.15, 0.2) is 5.82 Å². The summed E-state index contributed by atoms with van der Waals surface area (Å²) in [6.45, 7) is 7.78. The van der Waals surface area contributed by atoms with Crippen molar-refractivity contribution in [3.05, 3.63) is 12.2 Å². The van der Waals surface area contributed by atoms with Gasteiger partial charge in [-0.2, -0.15) is 4.98 Å². The molecule has 20 heavy (non-hydrogen) atoms. The zero-order valence-corrected chi connectivity index (χ0v) is 12.3. The highest BCUT2D eigenvalue weighted by Gasteiger charge is 2.38. The highest BCUT2D eigenvalue weighted by atomic mass is 16.5. The van der Waals surface area contributed by atoms with Crippen LogP contribution < -0.4 is 5.32 Å². The summed E-state index contributed by atoms with van der Waals surface area (Å²) in [5, 5.41) is 6.35. The smallest absolute Gasteiger partial charge is 0.319 e. The quantitative estimate of drug-likeness (QED) is 0.617. The molecular weight excluding hydrogens is 262 g/mol. The Kier molecular flexibility index (Phi) is 5.66. The molecule has 1 N–H and O–H groups in total. The number of carbonyl (C=O) groups excluding carboxylic acids is 2. The van der Waals surface area contributed by atoms with E-state index >= 15 is 0 Å². The van der Waals surface area contributed by atoms with E-state index in [1.807, 2.05) is 20.8 Å². The second-order valence-corrected chi connectivity index (χ2v) is 5.44. The van der Waals surface area contributed by atoms with E-state index in [0.29, 0.717) is 18.8 Å². The topological polar surface area (TPSA) is 94.3 Å². The Hall–Kier alpha value is -1.92. The molecule has 7 nitrogen and oxygen atoms in total. The molecule has 0 bridgehead atoms. The Bertz CT molecular complexity index is 437. The van der Waals surface area contributed by atoms with Gasteiger partial charge in [0, 0.05) is 13.0 Å². The molecule has 1 aromatic rings. The van der Waals surface area contributed by atoms with Crippen LogP contribution in [0, 0.1) is 11.3 Å². The molecule has 0 aromatic carbocycles. The van der Waals surface area contributed by atoms with Crippen LogP contribution in [-0.4, -0.2) is 35.2 Å². The minimum Gasteiger partial charge on any atom is -0.465 e. The molecule has 0 saturated carbocycles. The van der Waals surface area contributed by atoms with Crippen LogP contribution in [0.1, 0.15) is 33.5 Å². The fourth-order valence-corrected chi connectivity index (χ4v) is 1.78. The van der Waals surface area contributed by atoms with Gasteiger partial charge in [-0.25, -0.2) is 0 Å². The molecular formula is C13H21N3O4. The average Bonchev–Trinajstić information content (AvgIpc) is 2.80. The fourth-order valence-electron chi connectivity index (χ4n) is 1.78. The molecule has 112 valence electrons. The lowest BCUT2D eigenvalue weighted by Crippen LogP contribution is -2.44. The van der Waals surface area contributed by atoms with Gasteiger partial charge < -0.3 is 14.6 Å². The number of nitrogens with zero attached hydrogens (tertiary/aromatic N) is 2. The third-order valence-electron chi connectivity index (χ3n) is 2.71. The van der Waals surface area contributed by atoms with E-state index in [1.165, 1.54) is 6.39 Å². The maximum atomic E-state index is 12.2. The fraction of sp³-hybridized carbons (Fsp3) is 0.692. The van der Waals surface area contributed by atoms with Crippen molar-refractivity contribution in [1.82, 2.24) is 15.5 Å². The van der Waals surface area contributed by atoms with Crippen LogP contribution in [0.5, 0.6) is 0 Å². The summed E-state index contributed by atoms with van der Waals surface area (Å²) in [5.74, 6) is -1.18. The van der Waals surface area contributed by atoms with Gasteiger partial charge in [-0.05, 0) is 12.3 Å². The third-order valence-corrected chi connectivity index (χ3v) is 2.71. The number of carbonyl (C=O) groups is 2. The predicted octanol–water partition coefficient (Wildman–Crippen LogP) is 0.954. The molecule has 1 heterocycles. The minimum atomic E-state index is -0.840. The second kappa shape index (κ2) is 7.02. The normalized spacial score (nSPS) is 12.8. The number of hydrogen-bond donors (Lipinski definition) is 1. The molecule has 1 rings (SSSR count). The van der Waals surface area contributed by atoms with Gasteiger partial charge in [-0.1, -0.05) is 25.9 Å². The van der Waals surface area contributed by atoms with Gasteiger partial charge in [0.25, 0.3) is 0 Å². The van der Waals surface area contributed by atoms with E-state index in [2.05, 4.69) is 20.0 Å². The highest BCUT2D eigenvalue weighted by molar-refractivity contribution is 5.98. The molecule has 0 radical (unpaired) electrons. The molecule has 0 aliphatic heterocycles. The van der Waals surface area contributed by atoms with Crippen molar-refractivity contribution >= 4 is 11.9 Å². The van der Waals surface area contributed by atoms with Crippen molar-refractivity contribution < 1.29 is 18.8 Å². The van der Waals surface area contributed by atoms with Crippen molar-refractivity contribution in [2.75, 3.05) is 13.2 Å². The van der Waals surface area contributed by atoms with Crippen molar-refractivity contribution in [1.29, 1.82) is 0 Å². The highest BCUT2D eigenvalue weighted by Crippen LogP contribution is 2.27. The number of esters is 1. The Morgan fingerprint density at radius 3 is 2.65 bits per heavy atom. The molecule has 0 fully saturated rings. The van der Waals surface area contributed by atoms with Crippen molar-refractivity contribution in [2.45, 2.75) is 34.1 Å². The van der Waals surface area contributed by atoms with E-state index in [0.717, 1.165) is 0 Å². The summed E-state index contributed by atoms with van der Waals surface area (Å²) in [5.41, 5.74) is -0.511. The van der Waals surface area contributed by atoms with Gasteiger partial charge in [0.05, 0.1) is 6.61 Å². The Balaban J connectivity index is 2.57. The predicted molar refractivity (Wildman–Crippen MR) is 70.6 cm³/mol.